The normalized spacial score (nSPS) is 12.0. The third-order valence-electron chi connectivity index (χ3n) is 4.73. The number of hydrogen-bond donors (Lipinski definition) is 0. The van der Waals surface area contributed by atoms with Crippen molar-refractivity contribution in [2.75, 3.05) is 13.9 Å². The van der Waals surface area contributed by atoms with Crippen LogP contribution < -0.4 is 14.2 Å². The molecule has 0 unspecified atom stereocenters. The van der Waals surface area contributed by atoms with Gasteiger partial charge in [-0.3, -0.25) is 4.98 Å². The van der Waals surface area contributed by atoms with Gasteiger partial charge < -0.3 is 18.9 Å². The zero-order valence-electron chi connectivity index (χ0n) is 16.1. The van der Waals surface area contributed by atoms with Crippen molar-refractivity contribution in [3.05, 3.63) is 46.8 Å². The van der Waals surface area contributed by atoms with Crippen molar-refractivity contribution in [2.24, 2.45) is 0 Å². The Labute approximate surface area is 168 Å². The van der Waals surface area contributed by atoms with Crippen LogP contribution in [0.3, 0.4) is 0 Å². The molecule has 0 atom stereocenters. The van der Waals surface area contributed by atoms with Crippen LogP contribution in [0.2, 0.25) is 0 Å². The molecule has 1 aromatic carbocycles. The molecule has 1 aliphatic heterocycles. The number of benzene rings is 1. The molecule has 0 saturated carbocycles. The predicted octanol–water partition coefficient (Wildman–Crippen LogP) is 4.31. The molecule has 3 aromatic rings. The zero-order chi connectivity index (χ0) is 19.1. The van der Waals surface area contributed by atoms with Crippen molar-refractivity contribution < 1.29 is 23.7 Å². The largest absolute Gasteiger partial charge is 0.487 e. The first-order valence-corrected chi connectivity index (χ1v) is 8.58. The van der Waals surface area contributed by atoms with E-state index in [2.05, 4.69) is 4.98 Å². The van der Waals surface area contributed by atoms with Gasteiger partial charge in [0.2, 0.25) is 6.79 Å². The summed E-state index contributed by atoms with van der Waals surface area (Å²) in [5.41, 5.74) is 4.80. The molecule has 3 heterocycles. The fourth-order valence-corrected chi connectivity index (χ4v) is 3.24. The van der Waals surface area contributed by atoms with Gasteiger partial charge in [0, 0.05) is 17.5 Å². The van der Waals surface area contributed by atoms with Gasteiger partial charge in [0.25, 0.3) is 0 Å². The first kappa shape index (κ1) is 19.8. The monoisotopic (exact) mass is 404 g/mol. The number of pyridine rings is 1. The van der Waals surface area contributed by atoms with Gasteiger partial charge in [-0.25, -0.2) is 9.36 Å². The van der Waals surface area contributed by atoms with E-state index in [9.17, 15) is 4.79 Å². The highest BCUT2D eigenvalue weighted by Crippen LogP contribution is 2.35. The Morgan fingerprint density at radius 3 is 2.68 bits per heavy atom. The van der Waals surface area contributed by atoms with Crippen LogP contribution in [0.1, 0.15) is 22.5 Å². The van der Waals surface area contributed by atoms with Crippen LogP contribution in [0.5, 0.6) is 17.2 Å². The summed E-state index contributed by atoms with van der Waals surface area (Å²) in [6.45, 7) is 6.25. The number of ether oxygens (including phenoxy) is 4. The predicted molar refractivity (Wildman–Crippen MR) is 106 cm³/mol. The van der Waals surface area contributed by atoms with Crippen LogP contribution in [0.15, 0.2) is 24.3 Å². The van der Waals surface area contributed by atoms with Gasteiger partial charge in [-0.15, -0.1) is 12.4 Å². The van der Waals surface area contributed by atoms with Crippen LogP contribution in [-0.2, 0) is 11.3 Å². The van der Waals surface area contributed by atoms with Gasteiger partial charge in [0.15, 0.2) is 11.5 Å². The molecule has 7 nitrogen and oxygen atoms in total. The number of hydrogen-bond acceptors (Lipinski definition) is 6. The molecule has 8 heteroatoms. The summed E-state index contributed by atoms with van der Waals surface area (Å²) >= 11 is 0. The van der Waals surface area contributed by atoms with E-state index in [1.165, 1.54) is 11.7 Å². The van der Waals surface area contributed by atoms with Gasteiger partial charge >= 0.3 is 6.09 Å². The average Bonchev–Trinajstić information content (AvgIpc) is 3.22. The molecule has 148 valence electrons. The maximum atomic E-state index is 12.3. The summed E-state index contributed by atoms with van der Waals surface area (Å²) < 4.78 is 23.3. The number of nitrogens with zero attached hydrogens (tertiary/aromatic N) is 2. The Bertz CT molecular complexity index is 1060. The highest BCUT2D eigenvalue weighted by molar-refractivity contribution is 5.95. The maximum absolute atomic E-state index is 12.3. The number of rotatable bonds is 3. The van der Waals surface area contributed by atoms with Crippen molar-refractivity contribution in [3.63, 3.8) is 0 Å². The molecule has 0 aliphatic carbocycles. The second-order valence-corrected chi connectivity index (χ2v) is 6.45. The van der Waals surface area contributed by atoms with Crippen LogP contribution in [-0.4, -0.2) is 29.5 Å². The quantitative estimate of drug-likeness (QED) is 0.647. The van der Waals surface area contributed by atoms with Crippen molar-refractivity contribution in [1.82, 2.24) is 9.55 Å². The lowest BCUT2D eigenvalue weighted by Gasteiger charge is -2.12. The summed E-state index contributed by atoms with van der Waals surface area (Å²) in [5.74, 6) is 2.01. The van der Waals surface area contributed by atoms with Gasteiger partial charge in [-0.1, -0.05) is 6.07 Å². The molecular weight excluding hydrogens is 384 g/mol. The standard InChI is InChI=1S/C20H20N2O5.ClH/c1-11-7-17(25-9-14-5-6-15-16(8-14)27-10-26-15)19-18(21-11)12(2)13(3)22(19)20(23)24-4;/h5-8H,9-10H2,1-4H3;1H. The molecule has 1 aliphatic rings. The molecule has 0 radical (unpaired) electrons. The minimum absolute atomic E-state index is 0. The van der Waals surface area contributed by atoms with Crippen molar-refractivity contribution in [2.45, 2.75) is 27.4 Å². The number of aryl methyl sites for hydroxylation is 2. The minimum atomic E-state index is -0.468. The lowest BCUT2D eigenvalue weighted by atomic mass is 10.2. The molecule has 0 fully saturated rings. The Hall–Kier alpha value is -2.93. The Kier molecular flexibility index (Phi) is 5.38. The Morgan fingerprint density at radius 2 is 1.93 bits per heavy atom. The van der Waals surface area contributed by atoms with Crippen LogP contribution >= 0.6 is 12.4 Å². The van der Waals surface area contributed by atoms with E-state index >= 15 is 0 Å². The summed E-state index contributed by atoms with van der Waals surface area (Å²) in [4.78, 5) is 16.9. The number of carbonyl (C=O) groups is 1. The van der Waals surface area contributed by atoms with Gasteiger partial charge in [-0.2, -0.15) is 0 Å². The Morgan fingerprint density at radius 1 is 1.18 bits per heavy atom. The second kappa shape index (κ2) is 7.59. The van der Waals surface area contributed by atoms with Crippen LogP contribution in [0, 0.1) is 20.8 Å². The SMILES string of the molecule is COC(=O)n1c(C)c(C)c2nc(C)cc(OCc3ccc4c(c3)OCO4)c21.Cl. The van der Waals surface area contributed by atoms with E-state index in [1.54, 1.807) is 0 Å². The third kappa shape index (κ3) is 3.22. The minimum Gasteiger partial charge on any atom is -0.487 e. The first-order chi connectivity index (χ1) is 13.0. The number of carbonyl (C=O) groups excluding carboxylic acids is 1. The molecule has 0 bridgehead atoms. The van der Waals surface area contributed by atoms with E-state index in [-0.39, 0.29) is 19.2 Å². The molecule has 0 spiro atoms. The first-order valence-electron chi connectivity index (χ1n) is 8.58. The number of aromatic nitrogens is 2. The number of halogens is 1. The van der Waals surface area contributed by atoms with E-state index < -0.39 is 6.09 Å². The van der Waals surface area contributed by atoms with Crippen molar-refractivity contribution in [1.29, 1.82) is 0 Å². The van der Waals surface area contributed by atoms with Crippen molar-refractivity contribution >= 4 is 29.5 Å². The van der Waals surface area contributed by atoms with Gasteiger partial charge in [0.1, 0.15) is 17.9 Å². The van der Waals surface area contributed by atoms with Crippen molar-refractivity contribution in [3.8, 4) is 17.2 Å². The second-order valence-electron chi connectivity index (χ2n) is 6.45. The summed E-state index contributed by atoms with van der Waals surface area (Å²) in [7, 11) is 1.36. The fourth-order valence-electron chi connectivity index (χ4n) is 3.24. The molecule has 0 saturated heterocycles. The average molecular weight is 405 g/mol. The summed E-state index contributed by atoms with van der Waals surface area (Å²) in [6.07, 6.45) is -0.468. The molecule has 4 rings (SSSR count). The zero-order valence-corrected chi connectivity index (χ0v) is 16.9. The maximum Gasteiger partial charge on any atom is 0.418 e. The van der Waals surface area contributed by atoms with Crippen LogP contribution in [0.4, 0.5) is 4.79 Å². The number of fused-ring (bicyclic) bond motifs is 2. The summed E-state index contributed by atoms with van der Waals surface area (Å²) in [6, 6.07) is 7.51. The Balaban J connectivity index is 0.00000225. The van der Waals surface area contributed by atoms with Crippen LogP contribution in [0.25, 0.3) is 11.0 Å². The lowest BCUT2D eigenvalue weighted by Crippen LogP contribution is -2.13. The lowest BCUT2D eigenvalue weighted by molar-refractivity contribution is 0.173. The molecule has 2 aromatic heterocycles. The molecule has 0 N–H and O–H groups in total. The van der Waals surface area contributed by atoms with E-state index in [0.29, 0.717) is 23.6 Å². The van der Waals surface area contributed by atoms with Gasteiger partial charge in [0.05, 0.1) is 12.6 Å². The van der Waals surface area contributed by atoms with E-state index in [1.807, 2.05) is 45.0 Å². The molecule has 28 heavy (non-hydrogen) atoms. The third-order valence-corrected chi connectivity index (χ3v) is 4.73. The van der Waals surface area contributed by atoms with Gasteiger partial charge in [-0.05, 0) is 44.0 Å². The number of methoxy groups -OCH3 is 1. The van der Waals surface area contributed by atoms with E-state index in [0.717, 1.165) is 33.8 Å². The molecular formula is C20H21ClN2O5. The van der Waals surface area contributed by atoms with E-state index in [4.69, 9.17) is 18.9 Å². The topological polar surface area (TPSA) is 71.8 Å². The molecule has 0 amide bonds. The smallest absolute Gasteiger partial charge is 0.418 e. The fraction of sp³-hybridized carbons (Fsp3) is 0.300. The highest BCUT2D eigenvalue weighted by Gasteiger charge is 2.22. The highest BCUT2D eigenvalue weighted by atomic mass is 35.5. The summed E-state index contributed by atoms with van der Waals surface area (Å²) in [5, 5.41) is 0.